The van der Waals surface area contributed by atoms with Crippen molar-refractivity contribution in [3.63, 3.8) is 0 Å². The molecule has 0 heterocycles. The minimum absolute atomic E-state index is 0.0219. The van der Waals surface area contributed by atoms with Crippen molar-refractivity contribution in [1.82, 2.24) is 5.32 Å². The standard InChI is InChI=1S/C24H23Cl2FN2O3S2/c1-17-6-9-19(10-7-17)34(31,32)29(23-5-3-2-4-22(23)27)15-24(30)28-12-13-33-16-18-8-11-20(25)21(26)14-18/h2-11,14H,12-13,15-16H2,1H3,(H,28,30). The molecular formula is C24H23Cl2FN2O3S2. The van der Waals surface area contributed by atoms with Crippen LogP contribution in [0.15, 0.2) is 71.6 Å². The first-order valence-electron chi connectivity index (χ1n) is 10.3. The monoisotopic (exact) mass is 540 g/mol. The van der Waals surface area contributed by atoms with Crippen LogP contribution in [0.4, 0.5) is 10.1 Å². The van der Waals surface area contributed by atoms with E-state index in [1.54, 1.807) is 36.0 Å². The highest BCUT2D eigenvalue weighted by Crippen LogP contribution is 2.27. The molecule has 0 aromatic heterocycles. The fourth-order valence-corrected chi connectivity index (χ4v) is 5.61. The van der Waals surface area contributed by atoms with Gasteiger partial charge in [0, 0.05) is 18.1 Å². The molecule has 0 radical (unpaired) electrons. The van der Waals surface area contributed by atoms with Gasteiger partial charge in [0.25, 0.3) is 10.0 Å². The SMILES string of the molecule is Cc1ccc(S(=O)(=O)N(CC(=O)NCCSCc2ccc(Cl)c(Cl)c2)c2ccccc2F)cc1. The third kappa shape index (κ3) is 6.88. The first-order chi connectivity index (χ1) is 16.2. The van der Waals surface area contributed by atoms with Crippen LogP contribution in [0.2, 0.25) is 10.0 Å². The van der Waals surface area contributed by atoms with Crippen LogP contribution in [0.1, 0.15) is 11.1 Å². The molecule has 0 atom stereocenters. The number of benzene rings is 3. The zero-order valence-electron chi connectivity index (χ0n) is 18.3. The number of para-hydroxylation sites is 1. The van der Waals surface area contributed by atoms with E-state index in [-0.39, 0.29) is 10.6 Å². The van der Waals surface area contributed by atoms with E-state index in [9.17, 15) is 17.6 Å². The summed E-state index contributed by atoms with van der Waals surface area (Å²) in [6.07, 6.45) is 0. The van der Waals surface area contributed by atoms with Gasteiger partial charge in [-0.25, -0.2) is 12.8 Å². The van der Waals surface area contributed by atoms with Gasteiger partial charge in [0.15, 0.2) is 0 Å². The molecule has 1 amide bonds. The number of hydrogen-bond acceptors (Lipinski definition) is 4. The van der Waals surface area contributed by atoms with Gasteiger partial charge in [-0.1, -0.05) is 59.1 Å². The quantitative estimate of drug-likeness (QED) is 0.335. The van der Waals surface area contributed by atoms with E-state index in [1.807, 2.05) is 13.0 Å². The van der Waals surface area contributed by atoms with E-state index in [4.69, 9.17) is 23.2 Å². The second-order valence-electron chi connectivity index (χ2n) is 7.43. The summed E-state index contributed by atoms with van der Waals surface area (Å²) in [5, 5.41) is 3.68. The molecule has 180 valence electrons. The van der Waals surface area contributed by atoms with Gasteiger partial charge >= 0.3 is 0 Å². The third-order valence-corrected chi connectivity index (χ3v) is 8.38. The molecule has 10 heteroatoms. The zero-order valence-corrected chi connectivity index (χ0v) is 21.4. The van der Waals surface area contributed by atoms with Crippen LogP contribution in [0.3, 0.4) is 0 Å². The van der Waals surface area contributed by atoms with E-state index in [2.05, 4.69) is 5.32 Å². The summed E-state index contributed by atoms with van der Waals surface area (Å²) in [6.45, 7) is 1.60. The Morgan fingerprint density at radius 2 is 1.74 bits per heavy atom. The summed E-state index contributed by atoms with van der Waals surface area (Å²) in [4.78, 5) is 12.6. The molecule has 0 saturated carbocycles. The number of halogens is 3. The largest absolute Gasteiger partial charge is 0.354 e. The van der Waals surface area contributed by atoms with Crippen molar-refractivity contribution < 1.29 is 17.6 Å². The van der Waals surface area contributed by atoms with Crippen LogP contribution in [0.5, 0.6) is 0 Å². The second-order valence-corrected chi connectivity index (χ2v) is 11.2. The van der Waals surface area contributed by atoms with Crippen LogP contribution in [0, 0.1) is 12.7 Å². The van der Waals surface area contributed by atoms with Crippen LogP contribution >= 0.6 is 35.0 Å². The lowest BCUT2D eigenvalue weighted by molar-refractivity contribution is -0.119. The lowest BCUT2D eigenvalue weighted by Gasteiger charge is -2.24. The average Bonchev–Trinajstić information content (AvgIpc) is 2.80. The summed E-state index contributed by atoms with van der Waals surface area (Å²) in [6, 6.07) is 17.1. The minimum Gasteiger partial charge on any atom is -0.354 e. The van der Waals surface area contributed by atoms with E-state index >= 15 is 0 Å². The number of carbonyl (C=O) groups excluding carboxylic acids is 1. The highest BCUT2D eigenvalue weighted by molar-refractivity contribution is 7.98. The lowest BCUT2D eigenvalue weighted by atomic mass is 10.2. The van der Waals surface area contributed by atoms with E-state index in [0.29, 0.717) is 28.1 Å². The minimum atomic E-state index is -4.16. The van der Waals surface area contributed by atoms with Gasteiger partial charge in [-0.2, -0.15) is 11.8 Å². The number of sulfonamides is 1. The van der Waals surface area contributed by atoms with Crippen molar-refractivity contribution in [1.29, 1.82) is 0 Å². The molecule has 0 fully saturated rings. The zero-order chi connectivity index (χ0) is 24.7. The molecule has 0 aliphatic heterocycles. The molecule has 0 bridgehead atoms. The van der Waals surface area contributed by atoms with Gasteiger partial charge in [0.2, 0.25) is 5.91 Å². The molecule has 0 aliphatic rings. The molecule has 0 spiro atoms. The number of thioether (sulfide) groups is 1. The molecule has 1 N–H and O–H groups in total. The third-order valence-electron chi connectivity index (χ3n) is 4.84. The summed E-state index contributed by atoms with van der Waals surface area (Å²) in [7, 11) is -4.16. The first-order valence-corrected chi connectivity index (χ1v) is 13.7. The number of rotatable bonds is 10. The van der Waals surface area contributed by atoms with Crippen LogP contribution in [-0.2, 0) is 20.6 Å². The van der Waals surface area contributed by atoms with Gasteiger partial charge in [-0.3, -0.25) is 9.10 Å². The van der Waals surface area contributed by atoms with Gasteiger partial charge in [0.1, 0.15) is 12.4 Å². The van der Waals surface area contributed by atoms with Gasteiger partial charge < -0.3 is 5.32 Å². The summed E-state index contributed by atoms with van der Waals surface area (Å²) < 4.78 is 41.8. The first kappa shape index (κ1) is 26.3. The molecule has 0 unspecified atom stereocenters. The molecule has 0 aliphatic carbocycles. The highest BCUT2D eigenvalue weighted by Gasteiger charge is 2.29. The molecule has 3 aromatic carbocycles. The van der Waals surface area contributed by atoms with Gasteiger partial charge in [-0.05, 0) is 48.9 Å². The topological polar surface area (TPSA) is 66.5 Å². The molecule has 3 aromatic rings. The number of nitrogens with zero attached hydrogens (tertiary/aromatic N) is 1. The van der Waals surface area contributed by atoms with E-state index < -0.39 is 28.3 Å². The maximum absolute atomic E-state index is 14.5. The van der Waals surface area contributed by atoms with Crippen molar-refractivity contribution >= 4 is 56.6 Å². The normalized spacial score (nSPS) is 11.3. The molecule has 0 saturated heterocycles. The predicted octanol–water partition coefficient (Wildman–Crippen LogP) is 5.69. The van der Waals surface area contributed by atoms with Crippen LogP contribution in [-0.4, -0.2) is 33.2 Å². The van der Waals surface area contributed by atoms with Crippen molar-refractivity contribution in [3.8, 4) is 0 Å². The number of nitrogens with one attached hydrogen (secondary N) is 1. The Kier molecular flexibility index (Phi) is 9.24. The Hall–Kier alpha value is -2.26. The second kappa shape index (κ2) is 11.9. The highest BCUT2D eigenvalue weighted by atomic mass is 35.5. The summed E-state index contributed by atoms with van der Waals surface area (Å²) in [5.41, 5.74) is 1.69. The Labute approximate surface area is 213 Å². The Bertz CT molecular complexity index is 1260. The van der Waals surface area contributed by atoms with Crippen molar-refractivity contribution in [2.24, 2.45) is 0 Å². The summed E-state index contributed by atoms with van der Waals surface area (Å²) in [5.74, 6) is 0.00371. The number of aryl methyl sites for hydroxylation is 1. The molecular weight excluding hydrogens is 518 g/mol. The van der Waals surface area contributed by atoms with E-state index in [1.165, 1.54) is 30.3 Å². The van der Waals surface area contributed by atoms with Crippen LogP contribution in [0.25, 0.3) is 0 Å². The van der Waals surface area contributed by atoms with Crippen molar-refractivity contribution in [3.05, 3.63) is 93.7 Å². The van der Waals surface area contributed by atoms with E-state index in [0.717, 1.165) is 21.5 Å². The average molecular weight is 541 g/mol. The maximum Gasteiger partial charge on any atom is 0.264 e. The van der Waals surface area contributed by atoms with Crippen molar-refractivity contribution in [2.75, 3.05) is 23.1 Å². The molecule has 5 nitrogen and oxygen atoms in total. The smallest absolute Gasteiger partial charge is 0.264 e. The predicted molar refractivity (Wildman–Crippen MR) is 138 cm³/mol. The number of amides is 1. The van der Waals surface area contributed by atoms with Crippen molar-refractivity contribution in [2.45, 2.75) is 17.6 Å². The summed E-state index contributed by atoms with van der Waals surface area (Å²) >= 11 is 13.5. The Morgan fingerprint density at radius 1 is 1.03 bits per heavy atom. The Balaban J connectivity index is 1.64. The molecule has 34 heavy (non-hydrogen) atoms. The fourth-order valence-electron chi connectivity index (χ4n) is 3.06. The Morgan fingerprint density at radius 3 is 2.41 bits per heavy atom. The molecule has 3 rings (SSSR count). The number of anilines is 1. The van der Waals surface area contributed by atoms with Gasteiger partial charge in [-0.15, -0.1) is 0 Å². The number of hydrogen-bond donors (Lipinski definition) is 1. The van der Waals surface area contributed by atoms with Gasteiger partial charge in [0.05, 0.1) is 20.6 Å². The fraction of sp³-hybridized carbons (Fsp3) is 0.208. The number of carbonyl (C=O) groups is 1. The maximum atomic E-state index is 14.5. The lowest BCUT2D eigenvalue weighted by Crippen LogP contribution is -2.41. The van der Waals surface area contributed by atoms with Crippen LogP contribution < -0.4 is 9.62 Å².